The first-order valence-electron chi connectivity index (χ1n) is 5.35. The molecule has 1 unspecified atom stereocenters. The van der Waals surface area contributed by atoms with E-state index >= 15 is 0 Å². The van der Waals surface area contributed by atoms with Crippen LogP contribution in [0.3, 0.4) is 0 Å². The number of dihydropyridines is 1. The molecule has 0 aromatic rings. The zero-order chi connectivity index (χ0) is 12.0. The summed E-state index contributed by atoms with van der Waals surface area (Å²) >= 11 is 0. The van der Waals surface area contributed by atoms with Gasteiger partial charge >= 0.3 is 5.97 Å². The molecule has 1 heterocycles. The Labute approximate surface area is 95.8 Å². The SMILES string of the molecule is CN(C)CCCNC1C=C(C(=O)O)C=CN1. The lowest BCUT2D eigenvalue weighted by atomic mass is 10.2. The van der Waals surface area contributed by atoms with Crippen LogP contribution in [-0.2, 0) is 4.79 Å². The van der Waals surface area contributed by atoms with E-state index in [2.05, 4.69) is 15.5 Å². The lowest BCUT2D eigenvalue weighted by molar-refractivity contribution is -0.132. The Kier molecular flexibility index (Phi) is 5.01. The van der Waals surface area contributed by atoms with E-state index < -0.39 is 5.97 Å². The topological polar surface area (TPSA) is 64.6 Å². The molecule has 0 aromatic heterocycles. The average Bonchev–Trinajstić information content (AvgIpc) is 2.24. The second-order valence-electron chi connectivity index (χ2n) is 4.02. The molecule has 0 spiro atoms. The van der Waals surface area contributed by atoms with Gasteiger partial charge in [0.15, 0.2) is 0 Å². The molecule has 0 amide bonds. The number of aliphatic carboxylic acids is 1. The van der Waals surface area contributed by atoms with Gasteiger partial charge in [-0.1, -0.05) is 0 Å². The van der Waals surface area contributed by atoms with Gasteiger partial charge in [0.05, 0.1) is 11.7 Å². The van der Waals surface area contributed by atoms with E-state index in [1.807, 2.05) is 14.1 Å². The molecule has 1 atom stereocenters. The van der Waals surface area contributed by atoms with Crippen molar-refractivity contribution < 1.29 is 9.90 Å². The summed E-state index contributed by atoms with van der Waals surface area (Å²) in [6.07, 6.45) is 5.84. The van der Waals surface area contributed by atoms with Gasteiger partial charge in [0.1, 0.15) is 0 Å². The highest BCUT2D eigenvalue weighted by atomic mass is 16.4. The minimum absolute atomic E-state index is 0.0849. The molecule has 0 bridgehead atoms. The van der Waals surface area contributed by atoms with Gasteiger partial charge in [-0.05, 0) is 52.0 Å². The van der Waals surface area contributed by atoms with E-state index in [0.29, 0.717) is 5.57 Å². The Hall–Kier alpha value is -1.33. The largest absolute Gasteiger partial charge is 0.478 e. The maximum Gasteiger partial charge on any atom is 0.335 e. The second-order valence-corrected chi connectivity index (χ2v) is 4.02. The number of rotatable bonds is 6. The van der Waals surface area contributed by atoms with Crippen LogP contribution < -0.4 is 10.6 Å². The fourth-order valence-electron chi connectivity index (χ4n) is 1.44. The van der Waals surface area contributed by atoms with Crippen molar-refractivity contribution in [1.82, 2.24) is 15.5 Å². The van der Waals surface area contributed by atoms with Crippen molar-refractivity contribution in [2.75, 3.05) is 27.2 Å². The maximum absolute atomic E-state index is 10.7. The van der Waals surface area contributed by atoms with Crippen LogP contribution in [0.1, 0.15) is 6.42 Å². The Bertz CT molecular complexity index is 298. The number of carboxylic acid groups (broad SMARTS) is 1. The number of hydrogen-bond donors (Lipinski definition) is 3. The number of nitrogens with zero attached hydrogens (tertiary/aromatic N) is 1. The zero-order valence-corrected chi connectivity index (χ0v) is 9.73. The highest BCUT2D eigenvalue weighted by molar-refractivity contribution is 5.90. The van der Waals surface area contributed by atoms with Crippen molar-refractivity contribution in [2.45, 2.75) is 12.6 Å². The Morgan fingerprint density at radius 2 is 2.38 bits per heavy atom. The zero-order valence-electron chi connectivity index (χ0n) is 9.73. The monoisotopic (exact) mass is 225 g/mol. The fourth-order valence-corrected chi connectivity index (χ4v) is 1.44. The number of hydrogen-bond acceptors (Lipinski definition) is 4. The number of carbonyl (C=O) groups is 1. The molecular formula is C11H19N3O2. The van der Waals surface area contributed by atoms with Crippen LogP contribution in [0.4, 0.5) is 0 Å². The molecule has 5 heteroatoms. The third-order valence-corrected chi connectivity index (χ3v) is 2.28. The predicted octanol–water partition coefficient (Wildman–Crippen LogP) is -0.0183. The Morgan fingerprint density at radius 1 is 1.62 bits per heavy atom. The van der Waals surface area contributed by atoms with Crippen LogP contribution in [0, 0.1) is 0 Å². The third-order valence-electron chi connectivity index (χ3n) is 2.28. The smallest absolute Gasteiger partial charge is 0.335 e. The molecule has 90 valence electrons. The summed E-state index contributed by atoms with van der Waals surface area (Å²) in [5.41, 5.74) is 0.323. The summed E-state index contributed by atoms with van der Waals surface area (Å²) in [6.45, 7) is 1.87. The van der Waals surface area contributed by atoms with E-state index in [1.54, 1.807) is 18.4 Å². The molecule has 0 radical (unpaired) electrons. The van der Waals surface area contributed by atoms with E-state index in [-0.39, 0.29) is 6.17 Å². The number of carboxylic acids is 1. The van der Waals surface area contributed by atoms with Gasteiger partial charge in [0.2, 0.25) is 0 Å². The first kappa shape index (κ1) is 12.7. The van der Waals surface area contributed by atoms with E-state index in [4.69, 9.17) is 5.11 Å². The van der Waals surface area contributed by atoms with Crippen molar-refractivity contribution >= 4 is 5.97 Å². The van der Waals surface area contributed by atoms with Crippen molar-refractivity contribution in [2.24, 2.45) is 0 Å². The summed E-state index contributed by atoms with van der Waals surface area (Å²) in [5.74, 6) is -0.891. The predicted molar refractivity (Wildman–Crippen MR) is 63.0 cm³/mol. The molecule has 1 aliphatic rings. The van der Waals surface area contributed by atoms with Crippen LogP contribution in [-0.4, -0.2) is 49.3 Å². The fraction of sp³-hybridized carbons (Fsp3) is 0.545. The molecule has 0 fully saturated rings. The molecular weight excluding hydrogens is 206 g/mol. The highest BCUT2D eigenvalue weighted by Gasteiger charge is 2.11. The summed E-state index contributed by atoms with van der Waals surface area (Å²) in [6, 6.07) is 0. The molecule has 3 N–H and O–H groups in total. The quantitative estimate of drug-likeness (QED) is 0.555. The second kappa shape index (κ2) is 6.30. The summed E-state index contributed by atoms with van der Waals surface area (Å²) < 4.78 is 0. The normalized spacial score (nSPS) is 19.4. The molecule has 0 aliphatic carbocycles. The summed E-state index contributed by atoms with van der Waals surface area (Å²) in [5, 5.41) is 15.1. The molecule has 1 rings (SSSR count). The number of nitrogens with one attached hydrogen (secondary N) is 2. The molecule has 0 saturated heterocycles. The highest BCUT2D eigenvalue weighted by Crippen LogP contribution is 2.03. The summed E-state index contributed by atoms with van der Waals surface area (Å²) in [7, 11) is 4.06. The van der Waals surface area contributed by atoms with Crippen LogP contribution >= 0.6 is 0 Å². The Balaban J connectivity index is 2.28. The van der Waals surface area contributed by atoms with Crippen molar-refractivity contribution in [3.8, 4) is 0 Å². The molecule has 5 nitrogen and oxygen atoms in total. The minimum atomic E-state index is -0.891. The molecule has 0 aromatic carbocycles. The van der Waals surface area contributed by atoms with Gasteiger partial charge in [-0.2, -0.15) is 0 Å². The van der Waals surface area contributed by atoms with Gasteiger partial charge in [-0.15, -0.1) is 0 Å². The van der Waals surface area contributed by atoms with Gasteiger partial charge in [0, 0.05) is 0 Å². The van der Waals surface area contributed by atoms with E-state index in [1.165, 1.54) is 0 Å². The van der Waals surface area contributed by atoms with Crippen molar-refractivity contribution in [1.29, 1.82) is 0 Å². The van der Waals surface area contributed by atoms with Crippen LogP contribution in [0.2, 0.25) is 0 Å². The average molecular weight is 225 g/mol. The molecule has 1 aliphatic heterocycles. The maximum atomic E-state index is 10.7. The lowest BCUT2D eigenvalue weighted by Crippen LogP contribution is -2.41. The third kappa shape index (κ3) is 4.46. The van der Waals surface area contributed by atoms with Gasteiger partial charge in [-0.25, -0.2) is 4.79 Å². The van der Waals surface area contributed by atoms with Crippen LogP contribution in [0.15, 0.2) is 23.9 Å². The first-order chi connectivity index (χ1) is 7.59. The van der Waals surface area contributed by atoms with Crippen LogP contribution in [0.5, 0.6) is 0 Å². The Morgan fingerprint density at radius 3 is 3.00 bits per heavy atom. The first-order valence-corrected chi connectivity index (χ1v) is 5.35. The van der Waals surface area contributed by atoms with Gasteiger partial charge in [0.25, 0.3) is 0 Å². The van der Waals surface area contributed by atoms with Crippen molar-refractivity contribution in [3.63, 3.8) is 0 Å². The van der Waals surface area contributed by atoms with E-state index in [0.717, 1.165) is 19.5 Å². The van der Waals surface area contributed by atoms with Crippen molar-refractivity contribution in [3.05, 3.63) is 23.9 Å². The molecule has 0 saturated carbocycles. The van der Waals surface area contributed by atoms with Crippen LogP contribution in [0.25, 0.3) is 0 Å². The van der Waals surface area contributed by atoms with Gasteiger partial charge < -0.3 is 15.3 Å². The molecule has 16 heavy (non-hydrogen) atoms. The summed E-state index contributed by atoms with van der Waals surface area (Å²) in [4.78, 5) is 12.9. The standard InChI is InChI=1S/C11H19N3O2/c1-14(2)7-3-5-12-10-8-9(11(15)16)4-6-13-10/h4,6,8,10,12-13H,3,5,7H2,1-2H3,(H,15,16). The van der Waals surface area contributed by atoms with E-state index in [9.17, 15) is 4.79 Å². The minimum Gasteiger partial charge on any atom is -0.478 e. The van der Waals surface area contributed by atoms with Gasteiger partial charge in [-0.3, -0.25) is 5.32 Å². The lowest BCUT2D eigenvalue weighted by Gasteiger charge is -2.19.